The first-order valence-corrected chi connectivity index (χ1v) is 19.0. The van der Waals surface area contributed by atoms with Crippen LogP contribution in [0.25, 0.3) is 10.9 Å². The first-order valence-electron chi connectivity index (χ1n) is 14.8. The van der Waals surface area contributed by atoms with Gasteiger partial charge >= 0.3 is 5.97 Å². The number of hydrogen-bond donors (Lipinski definition) is 4. The summed E-state index contributed by atoms with van der Waals surface area (Å²) in [5.74, 6) is 3.07. The van der Waals surface area contributed by atoms with Crippen LogP contribution in [-0.2, 0) is 16.0 Å². The van der Waals surface area contributed by atoms with Crippen molar-refractivity contribution in [3.05, 3.63) is 64.6 Å². The first kappa shape index (κ1) is 32.8. The number of nitrogens with two attached hydrogens (primary N) is 1. The molecule has 0 spiro atoms. The number of fused-ring (bicyclic) bond motifs is 2. The van der Waals surface area contributed by atoms with E-state index in [1.54, 1.807) is 29.6 Å². The molecule has 2 heterocycles. The van der Waals surface area contributed by atoms with Gasteiger partial charge in [0, 0.05) is 46.4 Å². The molecular formula is C32H40N2O5S4. The van der Waals surface area contributed by atoms with Gasteiger partial charge in [0.15, 0.2) is 0 Å². The summed E-state index contributed by atoms with van der Waals surface area (Å²) in [5.41, 5.74) is 7.80. The molecule has 7 nitrogen and oxygen atoms in total. The minimum atomic E-state index is -0.639. The largest absolute Gasteiger partial charge is 0.426 e. The number of aliphatic hydroxyl groups excluding tert-OH is 2. The summed E-state index contributed by atoms with van der Waals surface area (Å²) in [7, 11) is 0. The highest BCUT2D eigenvalue weighted by Crippen LogP contribution is 2.44. The summed E-state index contributed by atoms with van der Waals surface area (Å²) in [6.45, 7) is 0.555. The van der Waals surface area contributed by atoms with E-state index in [1.807, 2.05) is 30.1 Å². The van der Waals surface area contributed by atoms with Gasteiger partial charge in [0.25, 0.3) is 0 Å². The number of benzene rings is 1. The van der Waals surface area contributed by atoms with E-state index >= 15 is 0 Å². The number of ether oxygens (including phenoxy) is 1. The average molecular weight is 661 g/mol. The number of aliphatic hydroxyl groups is 2. The number of hydrogen-bond acceptors (Lipinski definition) is 10. The molecule has 5 N–H and O–H groups in total. The molecule has 232 valence electrons. The van der Waals surface area contributed by atoms with Crippen LogP contribution < -0.4 is 10.5 Å². The van der Waals surface area contributed by atoms with Crippen molar-refractivity contribution in [2.24, 2.45) is 17.6 Å². The van der Waals surface area contributed by atoms with Crippen LogP contribution in [0.5, 0.6) is 5.75 Å². The van der Waals surface area contributed by atoms with E-state index in [0.717, 1.165) is 40.8 Å². The summed E-state index contributed by atoms with van der Waals surface area (Å²) >= 11 is 6.68. The molecule has 0 amide bonds. The van der Waals surface area contributed by atoms with Gasteiger partial charge in [-0.05, 0) is 77.8 Å². The Bertz CT molecular complexity index is 1360. The fraction of sp³-hybridized carbons (Fsp3) is 0.500. The maximum absolute atomic E-state index is 12.6. The van der Waals surface area contributed by atoms with Crippen LogP contribution in [0.4, 0.5) is 0 Å². The number of carbonyl (C=O) groups excluding carboxylic acids is 2. The Labute approximate surface area is 270 Å². The van der Waals surface area contributed by atoms with Gasteiger partial charge in [-0.15, -0.1) is 23.5 Å². The van der Waals surface area contributed by atoms with Crippen LogP contribution in [0.3, 0.4) is 0 Å². The van der Waals surface area contributed by atoms with Crippen molar-refractivity contribution in [1.82, 2.24) is 4.98 Å². The summed E-state index contributed by atoms with van der Waals surface area (Å²) < 4.78 is 5.55. The van der Waals surface area contributed by atoms with Crippen LogP contribution in [-0.4, -0.2) is 79.2 Å². The van der Waals surface area contributed by atoms with Crippen molar-refractivity contribution >= 4 is 69.7 Å². The fourth-order valence-electron chi connectivity index (χ4n) is 5.73. The molecule has 3 aliphatic rings. The number of aromatic amines is 1. The number of H-pyrrole nitrogens is 1. The second-order valence-corrected chi connectivity index (χ2v) is 15.6. The Kier molecular flexibility index (Phi) is 12.3. The molecule has 5 rings (SSSR count). The third-order valence-corrected chi connectivity index (χ3v) is 13.1. The van der Waals surface area contributed by atoms with E-state index in [0.29, 0.717) is 42.1 Å². The third-order valence-electron chi connectivity index (χ3n) is 7.98. The summed E-state index contributed by atoms with van der Waals surface area (Å²) in [6.07, 6.45) is 12.5. The molecule has 1 aromatic carbocycles. The van der Waals surface area contributed by atoms with Crippen molar-refractivity contribution in [3.8, 4) is 5.75 Å². The Morgan fingerprint density at radius 1 is 1.23 bits per heavy atom. The number of thioether (sulfide) groups is 4. The van der Waals surface area contributed by atoms with Gasteiger partial charge in [-0.2, -0.15) is 23.5 Å². The number of allylic oxidation sites excluding steroid dienone is 4. The Morgan fingerprint density at radius 2 is 2.09 bits per heavy atom. The predicted octanol–water partition coefficient (Wildman–Crippen LogP) is 5.32. The standard InChI is InChI=1S/C32H40N2O5S4/c33-11-10-20-16-34-26-9-7-22(14-25(20)26)39-31(38)19-40-12-3-13-41-32-23(27(36)15-28(32)37)8-6-21(35)17-42-30-18-43-29-5-2-1-4-24(29)30/h1-2,4-5,7,9,14,16,18,21,23-24,27,29,32,34-36H,3,6,8,10-13,15,17,19,33H2/t21?,23-,24?,27?,29?,32+/m0/s1. The van der Waals surface area contributed by atoms with E-state index < -0.39 is 12.2 Å². The quantitative estimate of drug-likeness (QED) is 0.107. The maximum atomic E-state index is 12.6. The number of aromatic nitrogens is 1. The van der Waals surface area contributed by atoms with Crippen LogP contribution in [0.2, 0.25) is 0 Å². The number of nitrogens with one attached hydrogen (secondary N) is 1. The molecule has 1 fully saturated rings. The molecule has 11 heteroatoms. The first-order chi connectivity index (χ1) is 20.9. The minimum Gasteiger partial charge on any atom is -0.426 e. The number of ketones is 1. The van der Waals surface area contributed by atoms with Crippen molar-refractivity contribution < 1.29 is 24.5 Å². The molecule has 6 atom stereocenters. The third kappa shape index (κ3) is 8.77. The van der Waals surface area contributed by atoms with Crippen LogP contribution in [0.1, 0.15) is 31.2 Å². The second-order valence-electron chi connectivity index (χ2n) is 11.1. The van der Waals surface area contributed by atoms with Crippen molar-refractivity contribution in [1.29, 1.82) is 0 Å². The normalized spacial score (nSPS) is 25.3. The van der Waals surface area contributed by atoms with Crippen molar-refractivity contribution in [2.45, 2.75) is 54.8 Å². The Balaban J connectivity index is 0.975. The van der Waals surface area contributed by atoms with Gasteiger partial charge in [-0.3, -0.25) is 9.59 Å². The molecule has 43 heavy (non-hydrogen) atoms. The lowest BCUT2D eigenvalue weighted by Crippen LogP contribution is -2.25. The van der Waals surface area contributed by atoms with Gasteiger partial charge in [-0.1, -0.05) is 24.3 Å². The second kappa shape index (κ2) is 16.1. The minimum absolute atomic E-state index is 0.105. The van der Waals surface area contributed by atoms with Gasteiger partial charge in [-0.25, -0.2) is 0 Å². The van der Waals surface area contributed by atoms with E-state index in [1.165, 1.54) is 16.7 Å². The number of rotatable bonds is 16. The molecule has 0 saturated heterocycles. The van der Waals surface area contributed by atoms with Gasteiger partial charge in [0.1, 0.15) is 11.5 Å². The zero-order valence-corrected chi connectivity index (χ0v) is 27.3. The summed E-state index contributed by atoms with van der Waals surface area (Å²) in [5, 5.41) is 24.7. The molecule has 2 aliphatic carbocycles. The molecule has 1 aliphatic heterocycles. The molecular weight excluding hydrogens is 621 g/mol. The molecule has 1 aromatic heterocycles. The fourth-order valence-corrected chi connectivity index (χ4v) is 10.6. The van der Waals surface area contributed by atoms with Crippen molar-refractivity contribution in [2.75, 3.05) is 29.6 Å². The van der Waals surface area contributed by atoms with Crippen LogP contribution in [0, 0.1) is 11.8 Å². The summed E-state index contributed by atoms with van der Waals surface area (Å²) in [6, 6.07) is 5.58. The van der Waals surface area contributed by atoms with Crippen molar-refractivity contribution in [3.63, 3.8) is 0 Å². The van der Waals surface area contributed by atoms with Gasteiger partial charge in [0.05, 0.1) is 23.2 Å². The lowest BCUT2D eigenvalue weighted by molar-refractivity contribution is -0.131. The van der Waals surface area contributed by atoms with Crippen LogP contribution in [0.15, 0.2) is 59.0 Å². The van der Waals surface area contributed by atoms with E-state index in [-0.39, 0.29) is 35.1 Å². The molecule has 1 saturated carbocycles. The molecule has 0 bridgehead atoms. The Morgan fingerprint density at radius 3 is 2.95 bits per heavy atom. The van der Waals surface area contributed by atoms with Gasteiger partial charge < -0.3 is 25.7 Å². The van der Waals surface area contributed by atoms with Crippen LogP contribution >= 0.6 is 47.0 Å². The predicted molar refractivity (Wildman–Crippen MR) is 183 cm³/mol. The molecule has 4 unspecified atom stereocenters. The summed E-state index contributed by atoms with van der Waals surface area (Å²) in [4.78, 5) is 29.5. The Hall–Kier alpha value is -1.60. The lowest BCUT2D eigenvalue weighted by Gasteiger charge is -2.22. The number of Topliss-reactive ketones (excluding diaryl/α,β-unsaturated/α-hetero) is 1. The monoisotopic (exact) mass is 660 g/mol. The van der Waals surface area contributed by atoms with Gasteiger partial charge in [0.2, 0.25) is 0 Å². The number of carbonyl (C=O) groups is 2. The highest BCUT2D eigenvalue weighted by Gasteiger charge is 2.41. The SMILES string of the molecule is NCCc1c[nH]c2ccc(OC(=O)CSCCCS[C@H]3C(=O)CC(O)[C@@H]3CCC(O)CSC3=CSC4C=CC=CC34)cc12. The molecule has 0 radical (unpaired) electrons. The lowest BCUT2D eigenvalue weighted by atomic mass is 9.97. The average Bonchev–Trinajstić information content (AvgIpc) is 3.67. The number of esters is 1. The highest BCUT2D eigenvalue weighted by atomic mass is 32.2. The highest BCUT2D eigenvalue weighted by molar-refractivity contribution is 8.07. The smallest absolute Gasteiger partial charge is 0.321 e. The van der Waals surface area contributed by atoms with E-state index in [2.05, 4.69) is 34.7 Å². The van der Waals surface area contributed by atoms with E-state index in [9.17, 15) is 19.8 Å². The topological polar surface area (TPSA) is 126 Å². The molecule has 2 aromatic rings. The maximum Gasteiger partial charge on any atom is 0.321 e. The van der Waals surface area contributed by atoms with E-state index in [4.69, 9.17) is 10.5 Å². The zero-order chi connectivity index (χ0) is 30.2. The zero-order valence-electron chi connectivity index (χ0n) is 24.1.